The first-order chi connectivity index (χ1) is 11.8. The van der Waals surface area contributed by atoms with Gasteiger partial charge in [0.2, 0.25) is 0 Å². The number of rotatable bonds is 5. The number of carbonyl (C=O) groups is 1. The van der Waals surface area contributed by atoms with Gasteiger partial charge < -0.3 is 5.32 Å². The van der Waals surface area contributed by atoms with Gasteiger partial charge in [-0.15, -0.1) is 5.10 Å². The Bertz CT molecular complexity index is 843. The predicted molar refractivity (Wildman–Crippen MR) is 94.3 cm³/mol. The highest BCUT2D eigenvalue weighted by Crippen LogP contribution is 2.21. The van der Waals surface area contributed by atoms with Crippen molar-refractivity contribution in [2.24, 2.45) is 10.2 Å². The number of nitrogens with zero attached hydrogens (tertiary/aromatic N) is 4. The van der Waals surface area contributed by atoms with E-state index < -0.39 is 0 Å². The molecule has 0 fully saturated rings. The van der Waals surface area contributed by atoms with Crippen molar-refractivity contribution in [1.29, 1.82) is 0 Å². The van der Waals surface area contributed by atoms with Gasteiger partial charge in [0.25, 0.3) is 5.91 Å². The highest BCUT2D eigenvalue weighted by Gasteiger charge is 2.14. The van der Waals surface area contributed by atoms with Crippen LogP contribution in [0.4, 0.5) is 17.1 Å². The van der Waals surface area contributed by atoms with Gasteiger partial charge in [-0.25, -0.2) is 0 Å². The van der Waals surface area contributed by atoms with Crippen molar-refractivity contribution in [3.63, 3.8) is 0 Å². The fraction of sp³-hybridized carbons (Fsp3) is 0.118. The Morgan fingerprint density at radius 1 is 1.04 bits per heavy atom. The van der Waals surface area contributed by atoms with E-state index >= 15 is 0 Å². The molecule has 1 N–H and O–H groups in total. The van der Waals surface area contributed by atoms with E-state index in [0.717, 1.165) is 17.2 Å². The molecule has 0 saturated heterocycles. The molecule has 0 saturated carbocycles. The molecule has 7 heteroatoms. The van der Waals surface area contributed by atoms with Crippen molar-refractivity contribution in [1.82, 2.24) is 9.59 Å². The minimum absolute atomic E-state index is 0.194. The van der Waals surface area contributed by atoms with E-state index in [1.165, 1.54) is 0 Å². The van der Waals surface area contributed by atoms with E-state index in [2.05, 4.69) is 25.1 Å². The van der Waals surface area contributed by atoms with Crippen molar-refractivity contribution in [3.05, 3.63) is 65.2 Å². The number of azo groups is 1. The summed E-state index contributed by atoms with van der Waals surface area (Å²) in [6, 6.07) is 16.7. The number of anilines is 1. The molecule has 3 rings (SSSR count). The van der Waals surface area contributed by atoms with E-state index in [1.54, 1.807) is 24.3 Å². The second-order valence-corrected chi connectivity index (χ2v) is 5.69. The van der Waals surface area contributed by atoms with Crippen molar-refractivity contribution in [2.75, 3.05) is 5.32 Å². The smallest absolute Gasteiger partial charge is 0.269 e. The lowest BCUT2D eigenvalue weighted by Gasteiger charge is -2.04. The summed E-state index contributed by atoms with van der Waals surface area (Å²) >= 11 is 1.10. The summed E-state index contributed by atoms with van der Waals surface area (Å²) in [6.07, 6.45) is 0.679. The van der Waals surface area contributed by atoms with Crippen LogP contribution in [0.5, 0.6) is 0 Å². The van der Waals surface area contributed by atoms with Gasteiger partial charge in [0.15, 0.2) is 0 Å². The van der Waals surface area contributed by atoms with Gasteiger partial charge in [-0.3, -0.25) is 4.79 Å². The number of aromatic nitrogens is 2. The molecule has 0 aliphatic heterocycles. The topological polar surface area (TPSA) is 79.6 Å². The second kappa shape index (κ2) is 7.56. The number of hydrogen-bond acceptors (Lipinski definition) is 6. The third-order valence-corrected chi connectivity index (χ3v) is 4.03. The molecule has 0 bridgehead atoms. The summed E-state index contributed by atoms with van der Waals surface area (Å²) in [6.45, 7) is 1.94. The summed E-state index contributed by atoms with van der Waals surface area (Å²) in [7, 11) is 0. The van der Waals surface area contributed by atoms with Crippen LogP contribution in [0.25, 0.3) is 0 Å². The summed E-state index contributed by atoms with van der Waals surface area (Å²) in [5.41, 5.74) is 2.91. The molecular formula is C17H15N5OS. The van der Waals surface area contributed by atoms with E-state index in [1.807, 2.05) is 37.3 Å². The fourth-order valence-corrected chi connectivity index (χ4v) is 2.67. The lowest BCUT2D eigenvalue weighted by atomic mass is 10.2. The second-order valence-electron chi connectivity index (χ2n) is 4.94. The molecule has 1 amide bonds. The Labute approximate surface area is 143 Å². The lowest BCUT2D eigenvalue weighted by Crippen LogP contribution is -2.12. The SMILES string of the molecule is CCc1nnsc1C(=O)Nc1ccc(N=Nc2ccccc2)cc1. The Kier molecular flexibility index (Phi) is 5.02. The zero-order valence-corrected chi connectivity index (χ0v) is 13.8. The van der Waals surface area contributed by atoms with Crippen LogP contribution in [0.1, 0.15) is 22.3 Å². The van der Waals surface area contributed by atoms with Crippen LogP contribution in [0.3, 0.4) is 0 Å². The molecule has 1 aromatic heterocycles. The van der Waals surface area contributed by atoms with Gasteiger partial charge in [0.1, 0.15) is 4.88 Å². The zero-order valence-electron chi connectivity index (χ0n) is 13.0. The molecule has 2 aromatic carbocycles. The van der Waals surface area contributed by atoms with Crippen molar-refractivity contribution in [2.45, 2.75) is 13.3 Å². The molecule has 0 aliphatic carbocycles. The average molecular weight is 337 g/mol. The standard InChI is InChI=1S/C17H15N5OS/c1-2-15-16(24-22-21-15)17(23)18-12-8-10-14(11-9-12)20-19-13-6-4-3-5-7-13/h3-11H,2H2,1H3,(H,18,23). The van der Waals surface area contributed by atoms with Gasteiger partial charge in [-0.2, -0.15) is 10.2 Å². The van der Waals surface area contributed by atoms with Gasteiger partial charge in [-0.05, 0) is 54.4 Å². The Morgan fingerprint density at radius 3 is 2.38 bits per heavy atom. The number of amides is 1. The lowest BCUT2D eigenvalue weighted by molar-refractivity contribution is 0.102. The summed E-state index contributed by atoms with van der Waals surface area (Å²) in [5, 5.41) is 15.1. The molecular weight excluding hydrogens is 322 g/mol. The molecule has 0 spiro atoms. The van der Waals surface area contributed by atoms with E-state index in [9.17, 15) is 4.79 Å². The zero-order chi connectivity index (χ0) is 16.8. The first kappa shape index (κ1) is 15.9. The number of benzene rings is 2. The number of nitrogens with one attached hydrogen (secondary N) is 1. The normalized spacial score (nSPS) is 10.9. The minimum atomic E-state index is -0.194. The molecule has 3 aromatic rings. The largest absolute Gasteiger partial charge is 0.321 e. The van der Waals surface area contributed by atoms with Gasteiger partial charge in [0, 0.05) is 5.69 Å². The van der Waals surface area contributed by atoms with E-state index in [-0.39, 0.29) is 5.91 Å². The fourth-order valence-electron chi connectivity index (χ4n) is 2.02. The van der Waals surface area contributed by atoms with E-state index in [0.29, 0.717) is 28.4 Å². The summed E-state index contributed by atoms with van der Waals surface area (Å²) in [4.78, 5) is 12.8. The maximum atomic E-state index is 12.2. The first-order valence-corrected chi connectivity index (χ1v) is 8.23. The summed E-state index contributed by atoms with van der Waals surface area (Å²) < 4.78 is 3.83. The van der Waals surface area contributed by atoms with Crippen LogP contribution < -0.4 is 5.32 Å². The van der Waals surface area contributed by atoms with Crippen LogP contribution in [0, 0.1) is 0 Å². The summed E-state index contributed by atoms with van der Waals surface area (Å²) in [5.74, 6) is -0.194. The average Bonchev–Trinajstić information content (AvgIpc) is 3.11. The molecule has 6 nitrogen and oxygen atoms in total. The maximum Gasteiger partial charge on any atom is 0.269 e. The third-order valence-electron chi connectivity index (χ3n) is 3.26. The molecule has 24 heavy (non-hydrogen) atoms. The van der Waals surface area contributed by atoms with Crippen molar-refractivity contribution in [3.8, 4) is 0 Å². The quantitative estimate of drug-likeness (QED) is 0.681. The maximum absolute atomic E-state index is 12.2. The van der Waals surface area contributed by atoms with Crippen LogP contribution in [-0.4, -0.2) is 15.5 Å². The van der Waals surface area contributed by atoms with Crippen molar-refractivity contribution >= 4 is 34.5 Å². The number of hydrogen-bond donors (Lipinski definition) is 1. The van der Waals surface area contributed by atoms with Crippen LogP contribution in [0.15, 0.2) is 64.8 Å². The first-order valence-electron chi connectivity index (χ1n) is 7.45. The Hall–Kier alpha value is -2.93. The monoisotopic (exact) mass is 337 g/mol. The van der Waals surface area contributed by atoms with Crippen LogP contribution in [-0.2, 0) is 6.42 Å². The minimum Gasteiger partial charge on any atom is -0.321 e. The highest BCUT2D eigenvalue weighted by molar-refractivity contribution is 7.08. The molecule has 120 valence electrons. The predicted octanol–water partition coefficient (Wildman–Crippen LogP) is 4.77. The molecule has 0 atom stereocenters. The Morgan fingerprint density at radius 2 is 1.71 bits per heavy atom. The van der Waals surface area contributed by atoms with E-state index in [4.69, 9.17) is 0 Å². The number of aryl methyl sites for hydroxylation is 1. The van der Waals surface area contributed by atoms with Crippen molar-refractivity contribution < 1.29 is 4.79 Å². The van der Waals surface area contributed by atoms with Crippen LogP contribution >= 0.6 is 11.5 Å². The Balaban J connectivity index is 1.66. The molecule has 0 radical (unpaired) electrons. The van der Waals surface area contributed by atoms with Crippen LogP contribution in [0.2, 0.25) is 0 Å². The van der Waals surface area contributed by atoms with Gasteiger partial charge in [0.05, 0.1) is 17.1 Å². The van der Waals surface area contributed by atoms with Gasteiger partial charge >= 0.3 is 0 Å². The third kappa shape index (κ3) is 3.88. The molecule has 0 unspecified atom stereocenters. The molecule has 0 aliphatic rings. The highest BCUT2D eigenvalue weighted by atomic mass is 32.1. The van der Waals surface area contributed by atoms with Gasteiger partial charge in [-0.1, -0.05) is 29.6 Å². The number of carbonyl (C=O) groups excluding carboxylic acids is 1. The molecule has 1 heterocycles.